The fraction of sp³-hybridized carbons (Fsp3) is 0.316. The molecule has 0 saturated carbocycles. The number of carbonyl (C=O) groups excluding carboxylic acids is 1. The number of amides is 1. The summed E-state index contributed by atoms with van der Waals surface area (Å²) in [6.07, 6.45) is 0. The third-order valence-electron chi connectivity index (χ3n) is 4.59. The molecule has 0 radical (unpaired) electrons. The van der Waals surface area contributed by atoms with Gasteiger partial charge in [-0.1, -0.05) is 31.2 Å². The summed E-state index contributed by atoms with van der Waals surface area (Å²) < 4.78 is 38.5. The van der Waals surface area contributed by atoms with E-state index in [2.05, 4.69) is 0 Å². The normalized spacial score (nSPS) is 15.2. The van der Waals surface area contributed by atoms with E-state index in [-0.39, 0.29) is 27.9 Å². The second-order valence-corrected chi connectivity index (χ2v) is 8.38. The first kappa shape index (κ1) is 18.4. The Morgan fingerprint density at radius 3 is 2.27 bits per heavy atom. The van der Waals surface area contributed by atoms with Crippen molar-refractivity contribution in [3.63, 3.8) is 0 Å². The molecule has 0 atom stereocenters. The molecule has 0 bridgehead atoms. The van der Waals surface area contributed by atoms with Gasteiger partial charge in [-0.3, -0.25) is 4.79 Å². The molecule has 0 spiro atoms. The van der Waals surface area contributed by atoms with E-state index in [1.807, 2.05) is 4.90 Å². The van der Waals surface area contributed by atoms with Crippen LogP contribution in [-0.4, -0.2) is 51.2 Å². The summed E-state index contributed by atoms with van der Waals surface area (Å²) in [7, 11) is -3.48. The van der Waals surface area contributed by atoms with E-state index in [1.54, 1.807) is 48.2 Å². The number of piperazine rings is 1. The molecule has 2 aromatic carbocycles. The maximum absolute atomic E-state index is 13.9. The Balaban J connectivity index is 1.77. The Labute approximate surface area is 153 Å². The first-order chi connectivity index (χ1) is 12.4. The van der Waals surface area contributed by atoms with E-state index < -0.39 is 9.84 Å². The van der Waals surface area contributed by atoms with Crippen LogP contribution >= 0.6 is 0 Å². The lowest BCUT2D eigenvalue weighted by molar-refractivity contribution is 0.0742. The molecule has 0 aliphatic carbocycles. The number of sulfone groups is 1. The number of hydrogen-bond donors (Lipinski definition) is 0. The molecule has 0 unspecified atom stereocenters. The molecular formula is C19H21FN2O3S. The smallest absolute Gasteiger partial charge is 0.255 e. The Morgan fingerprint density at radius 2 is 1.62 bits per heavy atom. The van der Waals surface area contributed by atoms with Crippen LogP contribution < -0.4 is 4.90 Å². The summed E-state index contributed by atoms with van der Waals surface area (Å²) in [4.78, 5) is 16.5. The third kappa shape index (κ3) is 3.58. The number of rotatable bonds is 4. The van der Waals surface area contributed by atoms with Crippen LogP contribution in [-0.2, 0) is 9.84 Å². The summed E-state index contributed by atoms with van der Waals surface area (Å²) in [5, 5.41) is 0. The highest BCUT2D eigenvalue weighted by Gasteiger charge is 2.27. The number of carbonyl (C=O) groups is 1. The van der Waals surface area contributed by atoms with E-state index in [4.69, 9.17) is 0 Å². The molecule has 1 amide bonds. The Hall–Kier alpha value is -2.41. The van der Waals surface area contributed by atoms with Gasteiger partial charge in [-0.15, -0.1) is 0 Å². The predicted octanol–water partition coefficient (Wildman–Crippen LogP) is 2.58. The Bertz CT molecular complexity index is 907. The second-order valence-electron chi connectivity index (χ2n) is 6.13. The van der Waals surface area contributed by atoms with Gasteiger partial charge in [0.1, 0.15) is 5.82 Å². The maximum atomic E-state index is 13.9. The number of benzene rings is 2. The van der Waals surface area contributed by atoms with Crippen molar-refractivity contribution < 1.29 is 17.6 Å². The fourth-order valence-corrected chi connectivity index (χ4v) is 4.19. The van der Waals surface area contributed by atoms with Gasteiger partial charge in [0.2, 0.25) is 0 Å². The van der Waals surface area contributed by atoms with Crippen LogP contribution in [0.2, 0.25) is 0 Å². The SMILES string of the molecule is CCS(=O)(=O)c1ccccc1C(=O)N1CCN(c2ccccc2F)CC1. The maximum Gasteiger partial charge on any atom is 0.255 e. The molecule has 7 heteroatoms. The van der Waals surface area contributed by atoms with Crippen LogP contribution in [0.4, 0.5) is 10.1 Å². The number of anilines is 1. The van der Waals surface area contributed by atoms with Gasteiger partial charge in [0.25, 0.3) is 5.91 Å². The first-order valence-electron chi connectivity index (χ1n) is 8.54. The average molecular weight is 376 g/mol. The molecule has 5 nitrogen and oxygen atoms in total. The van der Waals surface area contributed by atoms with Crippen molar-refractivity contribution in [3.8, 4) is 0 Å². The van der Waals surface area contributed by atoms with Gasteiger partial charge in [-0.25, -0.2) is 12.8 Å². The molecule has 1 aliphatic heterocycles. The van der Waals surface area contributed by atoms with Crippen molar-refractivity contribution in [2.24, 2.45) is 0 Å². The first-order valence-corrected chi connectivity index (χ1v) is 10.2. The highest BCUT2D eigenvalue weighted by Crippen LogP contribution is 2.23. The van der Waals surface area contributed by atoms with Gasteiger partial charge in [0.05, 0.1) is 21.9 Å². The molecule has 1 aliphatic rings. The Morgan fingerprint density at radius 1 is 1.00 bits per heavy atom. The number of para-hydroxylation sites is 1. The van der Waals surface area contributed by atoms with Crippen LogP contribution in [0.3, 0.4) is 0 Å². The zero-order valence-electron chi connectivity index (χ0n) is 14.6. The lowest BCUT2D eigenvalue weighted by Gasteiger charge is -2.36. The van der Waals surface area contributed by atoms with Gasteiger partial charge < -0.3 is 9.80 Å². The summed E-state index contributed by atoms with van der Waals surface area (Å²) in [6.45, 7) is 3.37. The van der Waals surface area contributed by atoms with Crippen molar-refractivity contribution >= 4 is 21.4 Å². The standard InChI is InChI=1S/C19H21FN2O3S/c1-2-26(24,25)18-10-6-3-7-15(18)19(23)22-13-11-21(12-14-22)17-9-5-4-8-16(17)20/h3-10H,2,11-14H2,1H3. The minimum Gasteiger partial charge on any atom is -0.366 e. The third-order valence-corrected chi connectivity index (χ3v) is 6.38. The molecule has 1 fully saturated rings. The van der Waals surface area contributed by atoms with E-state index in [0.29, 0.717) is 31.9 Å². The average Bonchev–Trinajstić information content (AvgIpc) is 2.68. The van der Waals surface area contributed by atoms with E-state index in [0.717, 1.165) is 0 Å². The van der Waals surface area contributed by atoms with Crippen molar-refractivity contribution in [3.05, 3.63) is 59.9 Å². The predicted molar refractivity (Wildman–Crippen MR) is 98.7 cm³/mol. The molecule has 138 valence electrons. The molecule has 2 aromatic rings. The molecule has 0 N–H and O–H groups in total. The number of nitrogens with zero attached hydrogens (tertiary/aromatic N) is 2. The van der Waals surface area contributed by atoms with E-state index >= 15 is 0 Å². The summed E-state index contributed by atoms with van der Waals surface area (Å²) in [6, 6.07) is 12.9. The van der Waals surface area contributed by atoms with Crippen LogP contribution in [0.1, 0.15) is 17.3 Å². The molecule has 0 aromatic heterocycles. The second kappa shape index (κ2) is 7.45. The minimum atomic E-state index is -3.48. The van der Waals surface area contributed by atoms with Crippen LogP contribution in [0.25, 0.3) is 0 Å². The van der Waals surface area contributed by atoms with Gasteiger partial charge in [-0.05, 0) is 24.3 Å². The Kier molecular flexibility index (Phi) is 5.27. The van der Waals surface area contributed by atoms with Crippen molar-refractivity contribution in [1.82, 2.24) is 4.90 Å². The van der Waals surface area contributed by atoms with Crippen molar-refractivity contribution in [2.75, 3.05) is 36.8 Å². The van der Waals surface area contributed by atoms with Gasteiger partial charge in [0, 0.05) is 26.2 Å². The van der Waals surface area contributed by atoms with Crippen molar-refractivity contribution in [1.29, 1.82) is 0 Å². The van der Waals surface area contributed by atoms with Gasteiger partial charge in [0.15, 0.2) is 9.84 Å². The van der Waals surface area contributed by atoms with E-state index in [9.17, 15) is 17.6 Å². The zero-order valence-corrected chi connectivity index (χ0v) is 15.4. The van der Waals surface area contributed by atoms with Crippen LogP contribution in [0.15, 0.2) is 53.4 Å². The monoisotopic (exact) mass is 376 g/mol. The molecule has 1 heterocycles. The minimum absolute atomic E-state index is 0.0572. The fourth-order valence-electron chi connectivity index (χ4n) is 3.10. The molecule has 1 saturated heterocycles. The topological polar surface area (TPSA) is 57.7 Å². The lowest BCUT2D eigenvalue weighted by Crippen LogP contribution is -2.49. The van der Waals surface area contributed by atoms with Crippen molar-refractivity contribution in [2.45, 2.75) is 11.8 Å². The summed E-state index contributed by atoms with van der Waals surface area (Å²) >= 11 is 0. The zero-order chi connectivity index (χ0) is 18.7. The molecular weight excluding hydrogens is 355 g/mol. The van der Waals surface area contributed by atoms with Gasteiger partial charge >= 0.3 is 0 Å². The number of halogens is 1. The molecule has 26 heavy (non-hydrogen) atoms. The quantitative estimate of drug-likeness (QED) is 0.823. The lowest BCUT2D eigenvalue weighted by atomic mass is 10.1. The largest absolute Gasteiger partial charge is 0.366 e. The highest BCUT2D eigenvalue weighted by molar-refractivity contribution is 7.91. The summed E-state index contributed by atoms with van der Waals surface area (Å²) in [5.74, 6) is -0.643. The van der Waals surface area contributed by atoms with E-state index in [1.165, 1.54) is 12.1 Å². The van der Waals surface area contributed by atoms with Crippen LogP contribution in [0, 0.1) is 5.82 Å². The van der Waals surface area contributed by atoms with Crippen LogP contribution in [0.5, 0.6) is 0 Å². The summed E-state index contributed by atoms with van der Waals surface area (Å²) in [5.41, 5.74) is 0.724. The van der Waals surface area contributed by atoms with Gasteiger partial charge in [-0.2, -0.15) is 0 Å². The highest BCUT2D eigenvalue weighted by atomic mass is 32.2. The number of hydrogen-bond acceptors (Lipinski definition) is 4. The molecule has 3 rings (SSSR count).